The highest BCUT2D eigenvalue weighted by molar-refractivity contribution is 5.95. The van der Waals surface area contributed by atoms with Crippen molar-refractivity contribution in [1.82, 2.24) is 5.32 Å². The second kappa shape index (κ2) is 10.9. The number of para-hydroxylation sites is 1. The lowest BCUT2D eigenvalue weighted by Gasteiger charge is -2.12. The van der Waals surface area contributed by atoms with Gasteiger partial charge in [0, 0.05) is 31.1 Å². The summed E-state index contributed by atoms with van der Waals surface area (Å²) >= 11 is 0. The summed E-state index contributed by atoms with van der Waals surface area (Å²) in [6.45, 7) is 1.47. The lowest BCUT2D eigenvalue weighted by molar-refractivity contribution is -0.131. The summed E-state index contributed by atoms with van der Waals surface area (Å²) in [4.78, 5) is 36.0. The number of anilines is 1. The molecule has 3 aromatic carbocycles. The largest absolute Gasteiger partial charge is 0.427 e. The Labute approximate surface area is 185 Å². The summed E-state index contributed by atoms with van der Waals surface area (Å²) < 4.78 is 18.7. The predicted molar refractivity (Wildman–Crippen MR) is 119 cm³/mol. The molecule has 0 spiro atoms. The molecule has 3 aromatic rings. The molecule has 6 nitrogen and oxygen atoms in total. The van der Waals surface area contributed by atoms with Crippen LogP contribution in [-0.4, -0.2) is 17.8 Å². The Morgan fingerprint density at radius 2 is 1.62 bits per heavy atom. The Hall–Kier alpha value is -4.00. The van der Waals surface area contributed by atoms with Crippen molar-refractivity contribution in [3.05, 3.63) is 95.3 Å². The second-order valence-electron chi connectivity index (χ2n) is 7.10. The minimum Gasteiger partial charge on any atom is -0.427 e. The van der Waals surface area contributed by atoms with Gasteiger partial charge < -0.3 is 15.4 Å². The molecule has 3 rings (SSSR count). The molecule has 0 atom stereocenters. The first-order chi connectivity index (χ1) is 15.4. The lowest BCUT2D eigenvalue weighted by Crippen LogP contribution is -2.24. The number of benzene rings is 3. The van der Waals surface area contributed by atoms with E-state index in [1.54, 1.807) is 60.7 Å². The van der Waals surface area contributed by atoms with E-state index in [1.165, 1.54) is 19.1 Å². The van der Waals surface area contributed by atoms with Crippen molar-refractivity contribution in [1.29, 1.82) is 0 Å². The van der Waals surface area contributed by atoms with Crippen LogP contribution in [0.2, 0.25) is 0 Å². The standard InChI is InChI=1S/C25H23FN2O4/c1-17(29)32-21-10-6-9-19(15-21)25(31)27-16-20-8-3-5-12-23(20)28-24(30)14-13-18-7-2-4-11-22(18)26/h2-12,15H,13-14,16H2,1H3,(H,27,31)(H,28,30). The summed E-state index contributed by atoms with van der Waals surface area (Å²) in [5.74, 6) is -1.11. The van der Waals surface area contributed by atoms with Crippen molar-refractivity contribution in [2.75, 3.05) is 5.32 Å². The van der Waals surface area contributed by atoms with Crippen molar-refractivity contribution >= 4 is 23.5 Å². The number of carbonyl (C=O) groups excluding carboxylic acids is 3. The molecule has 0 bridgehead atoms. The van der Waals surface area contributed by atoms with Crippen molar-refractivity contribution in [2.24, 2.45) is 0 Å². The molecule has 0 saturated heterocycles. The zero-order chi connectivity index (χ0) is 22.9. The van der Waals surface area contributed by atoms with Crippen LogP contribution in [0.1, 0.15) is 34.8 Å². The Bertz CT molecular complexity index is 1130. The van der Waals surface area contributed by atoms with Crippen molar-refractivity contribution in [2.45, 2.75) is 26.3 Å². The van der Waals surface area contributed by atoms with E-state index < -0.39 is 5.97 Å². The molecule has 0 unspecified atom stereocenters. The summed E-state index contributed by atoms with van der Waals surface area (Å²) in [5.41, 5.74) is 2.12. The molecule has 0 aliphatic heterocycles. The van der Waals surface area contributed by atoms with Crippen LogP contribution in [0.4, 0.5) is 10.1 Å². The number of hydrogen-bond donors (Lipinski definition) is 2. The quantitative estimate of drug-likeness (QED) is 0.410. The molecule has 7 heteroatoms. The van der Waals surface area contributed by atoms with Gasteiger partial charge >= 0.3 is 5.97 Å². The molecule has 0 saturated carbocycles. The van der Waals surface area contributed by atoms with E-state index in [1.807, 2.05) is 0 Å². The molecule has 0 fully saturated rings. The monoisotopic (exact) mass is 434 g/mol. The van der Waals surface area contributed by atoms with E-state index in [2.05, 4.69) is 10.6 Å². The van der Waals surface area contributed by atoms with Gasteiger partial charge in [-0.05, 0) is 47.9 Å². The van der Waals surface area contributed by atoms with Gasteiger partial charge in [-0.25, -0.2) is 4.39 Å². The Morgan fingerprint density at radius 1 is 0.906 bits per heavy atom. The highest BCUT2D eigenvalue weighted by Gasteiger charge is 2.11. The maximum absolute atomic E-state index is 13.7. The van der Waals surface area contributed by atoms with E-state index in [-0.39, 0.29) is 42.8 Å². The normalized spacial score (nSPS) is 10.3. The van der Waals surface area contributed by atoms with Crippen LogP contribution in [0.3, 0.4) is 0 Å². The minimum absolute atomic E-state index is 0.130. The first-order valence-corrected chi connectivity index (χ1v) is 10.1. The Balaban J connectivity index is 1.59. The summed E-state index contributed by atoms with van der Waals surface area (Å²) in [6, 6.07) is 19.8. The van der Waals surface area contributed by atoms with Crippen molar-refractivity contribution in [3.8, 4) is 5.75 Å². The molecule has 2 N–H and O–H groups in total. The molecule has 2 amide bonds. The number of carbonyl (C=O) groups is 3. The fourth-order valence-electron chi connectivity index (χ4n) is 3.10. The van der Waals surface area contributed by atoms with Crippen LogP contribution in [-0.2, 0) is 22.6 Å². The maximum atomic E-state index is 13.7. The van der Waals surface area contributed by atoms with Crippen molar-refractivity contribution in [3.63, 3.8) is 0 Å². The van der Waals surface area contributed by atoms with Gasteiger partial charge in [0.2, 0.25) is 5.91 Å². The molecule has 0 aliphatic rings. The average Bonchev–Trinajstić information content (AvgIpc) is 2.77. The fourth-order valence-corrected chi connectivity index (χ4v) is 3.10. The SMILES string of the molecule is CC(=O)Oc1cccc(C(=O)NCc2ccccc2NC(=O)CCc2ccccc2F)c1. The summed E-state index contributed by atoms with van der Waals surface area (Å²) in [7, 11) is 0. The average molecular weight is 434 g/mol. The van der Waals surface area contributed by atoms with E-state index in [4.69, 9.17) is 4.74 Å². The third kappa shape index (κ3) is 6.50. The third-order valence-electron chi connectivity index (χ3n) is 4.67. The highest BCUT2D eigenvalue weighted by atomic mass is 19.1. The number of nitrogens with one attached hydrogen (secondary N) is 2. The zero-order valence-corrected chi connectivity index (χ0v) is 17.6. The number of halogens is 1. The first kappa shape index (κ1) is 22.7. The van der Waals surface area contributed by atoms with E-state index in [0.717, 1.165) is 5.56 Å². The number of hydrogen-bond acceptors (Lipinski definition) is 4. The van der Waals surface area contributed by atoms with Gasteiger partial charge in [-0.2, -0.15) is 0 Å². The molecular formula is C25H23FN2O4. The number of ether oxygens (including phenoxy) is 1. The third-order valence-corrected chi connectivity index (χ3v) is 4.67. The van der Waals surface area contributed by atoms with E-state index >= 15 is 0 Å². The second-order valence-corrected chi connectivity index (χ2v) is 7.10. The maximum Gasteiger partial charge on any atom is 0.308 e. The topological polar surface area (TPSA) is 84.5 Å². The number of amides is 2. The van der Waals surface area contributed by atoms with Crippen LogP contribution in [0.25, 0.3) is 0 Å². The van der Waals surface area contributed by atoms with Gasteiger partial charge in [-0.15, -0.1) is 0 Å². The molecule has 0 aliphatic carbocycles. The molecule has 32 heavy (non-hydrogen) atoms. The minimum atomic E-state index is -0.470. The molecular weight excluding hydrogens is 411 g/mol. The summed E-state index contributed by atoms with van der Waals surface area (Å²) in [6.07, 6.45) is 0.417. The van der Waals surface area contributed by atoms with E-state index in [0.29, 0.717) is 16.8 Å². The van der Waals surface area contributed by atoms with Crippen LogP contribution in [0, 0.1) is 5.82 Å². The number of esters is 1. The van der Waals surface area contributed by atoms with Crippen LogP contribution in [0.15, 0.2) is 72.8 Å². The molecule has 0 aromatic heterocycles. The van der Waals surface area contributed by atoms with Crippen LogP contribution < -0.4 is 15.4 Å². The molecule has 0 heterocycles. The van der Waals surface area contributed by atoms with Gasteiger partial charge in [-0.1, -0.05) is 42.5 Å². The molecule has 0 radical (unpaired) electrons. The predicted octanol–water partition coefficient (Wildman–Crippen LogP) is 4.25. The van der Waals surface area contributed by atoms with Crippen molar-refractivity contribution < 1.29 is 23.5 Å². The van der Waals surface area contributed by atoms with Gasteiger partial charge in [0.05, 0.1) is 0 Å². The highest BCUT2D eigenvalue weighted by Crippen LogP contribution is 2.17. The Kier molecular flexibility index (Phi) is 7.70. The van der Waals surface area contributed by atoms with Gasteiger partial charge in [0.1, 0.15) is 11.6 Å². The number of aryl methyl sites for hydroxylation is 1. The number of rotatable bonds is 8. The Morgan fingerprint density at radius 3 is 2.38 bits per heavy atom. The van der Waals surface area contributed by atoms with Gasteiger partial charge in [0.25, 0.3) is 5.91 Å². The lowest BCUT2D eigenvalue weighted by atomic mass is 10.1. The first-order valence-electron chi connectivity index (χ1n) is 10.1. The van der Waals surface area contributed by atoms with Gasteiger partial charge in [-0.3, -0.25) is 14.4 Å². The zero-order valence-electron chi connectivity index (χ0n) is 17.6. The van der Waals surface area contributed by atoms with Crippen LogP contribution in [0.5, 0.6) is 5.75 Å². The smallest absolute Gasteiger partial charge is 0.308 e. The fraction of sp³-hybridized carbons (Fsp3) is 0.160. The van der Waals surface area contributed by atoms with Gasteiger partial charge in [0.15, 0.2) is 0 Å². The summed E-state index contributed by atoms with van der Waals surface area (Å²) in [5, 5.41) is 5.62. The van der Waals surface area contributed by atoms with E-state index in [9.17, 15) is 18.8 Å². The molecule has 164 valence electrons. The van der Waals surface area contributed by atoms with Crippen LogP contribution >= 0.6 is 0 Å².